The van der Waals surface area contributed by atoms with Crippen molar-refractivity contribution < 1.29 is 9.47 Å². The number of imidazole rings is 1. The van der Waals surface area contributed by atoms with Gasteiger partial charge in [0.05, 0.1) is 25.1 Å². The minimum Gasteiger partial charge on any atom is -0.479 e. The molecule has 0 aromatic carbocycles. The summed E-state index contributed by atoms with van der Waals surface area (Å²) < 4.78 is 12.7. The number of aromatic nitrogens is 4. The molecule has 0 saturated heterocycles. The Labute approximate surface area is 129 Å². The van der Waals surface area contributed by atoms with Crippen LogP contribution in [-0.2, 0) is 4.74 Å². The molecule has 0 aliphatic rings. The highest BCUT2D eigenvalue weighted by Crippen LogP contribution is 2.31. The molecule has 0 saturated carbocycles. The average molecular weight is 313 g/mol. The molecule has 2 rings (SSSR count). The van der Waals surface area contributed by atoms with Gasteiger partial charge in [0.25, 0.3) is 0 Å². The van der Waals surface area contributed by atoms with E-state index in [1.807, 2.05) is 6.92 Å². The Hall–Kier alpha value is -1.40. The van der Waals surface area contributed by atoms with Gasteiger partial charge >= 0.3 is 0 Å². The minimum absolute atomic E-state index is 0.140. The summed E-state index contributed by atoms with van der Waals surface area (Å²) in [5, 5.41) is -0.236. The van der Waals surface area contributed by atoms with Gasteiger partial charge in [-0.2, -0.15) is 4.98 Å². The molecule has 116 valence electrons. The summed E-state index contributed by atoms with van der Waals surface area (Å²) in [6.45, 7) is 4.62. The molecule has 0 fully saturated rings. The molecule has 2 atom stereocenters. The molecule has 2 unspecified atom stereocenters. The highest BCUT2D eigenvalue weighted by Gasteiger charge is 2.24. The summed E-state index contributed by atoms with van der Waals surface area (Å²) in [5.41, 5.74) is 1.37. The molecule has 0 radical (unpaired) electrons. The second-order valence-electron chi connectivity index (χ2n) is 4.91. The van der Waals surface area contributed by atoms with Crippen molar-refractivity contribution in [3.8, 4) is 5.88 Å². The van der Waals surface area contributed by atoms with E-state index in [0.29, 0.717) is 18.0 Å². The highest BCUT2D eigenvalue weighted by molar-refractivity contribution is 6.20. The Morgan fingerprint density at radius 2 is 2.10 bits per heavy atom. The van der Waals surface area contributed by atoms with Crippen LogP contribution in [0.5, 0.6) is 5.88 Å². The number of hydrogen-bond acceptors (Lipinski definition) is 5. The molecular formula is C14H21ClN4O2. The molecule has 7 heteroatoms. The van der Waals surface area contributed by atoms with Crippen LogP contribution in [0.3, 0.4) is 0 Å². The van der Waals surface area contributed by atoms with Crippen molar-refractivity contribution in [1.29, 1.82) is 0 Å². The lowest BCUT2D eigenvalue weighted by molar-refractivity contribution is 0.150. The van der Waals surface area contributed by atoms with Gasteiger partial charge in [-0.15, -0.1) is 11.6 Å². The van der Waals surface area contributed by atoms with Crippen LogP contribution >= 0.6 is 11.6 Å². The van der Waals surface area contributed by atoms with Gasteiger partial charge in [-0.05, 0) is 13.3 Å². The second-order valence-corrected chi connectivity index (χ2v) is 5.56. The topological polar surface area (TPSA) is 62.1 Å². The third kappa shape index (κ3) is 3.11. The van der Waals surface area contributed by atoms with Crippen LogP contribution in [0.25, 0.3) is 11.2 Å². The third-order valence-electron chi connectivity index (χ3n) is 3.37. The first-order valence-corrected chi connectivity index (χ1v) is 7.47. The Balaban J connectivity index is 2.65. The lowest BCUT2D eigenvalue weighted by Crippen LogP contribution is -2.18. The first-order valence-electron chi connectivity index (χ1n) is 7.03. The van der Waals surface area contributed by atoms with Gasteiger partial charge in [0.1, 0.15) is 12.2 Å². The third-order valence-corrected chi connectivity index (χ3v) is 3.56. The SMILES string of the molecule is CCCC(COC)n1c(C(C)Cl)nc2c(OC)ncnc21. The maximum Gasteiger partial charge on any atom is 0.245 e. The smallest absolute Gasteiger partial charge is 0.245 e. The van der Waals surface area contributed by atoms with Gasteiger partial charge in [0, 0.05) is 7.11 Å². The van der Waals surface area contributed by atoms with Gasteiger partial charge in [0.15, 0.2) is 11.2 Å². The van der Waals surface area contributed by atoms with Crippen LogP contribution < -0.4 is 4.74 Å². The monoisotopic (exact) mass is 312 g/mol. The van der Waals surface area contributed by atoms with E-state index in [0.717, 1.165) is 24.3 Å². The summed E-state index contributed by atoms with van der Waals surface area (Å²) in [4.78, 5) is 13.1. The van der Waals surface area contributed by atoms with Gasteiger partial charge in [-0.3, -0.25) is 0 Å². The van der Waals surface area contributed by atoms with E-state index in [4.69, 9.17) is 21.1 Å². The molecule has 2 aromatic heterocycles. The number of methoxy groups -OCH3 is 2. The maximum atomic E-state index is 6.31. The molecule has 2 aromatic rings. The number of alkyl halides is 1. The Morgan fingerprint density at radius 3 is 2.67 bits per heavy atom. The van der Waals surface area contributed by atoms with E-state index in [9.17, 15) is 0 Å². The molecule has 0 aliphatic heterocycles. The fourth-order valence-corrected chi connectivity index (χ4v) is 2.66. The van der Waals surface area contributed by atoms with E-state index in [2.05, 4.69) is 26.4 Å². The molecule has 0 aliphatic carbocycles. The Kier molecular flexibility index (Phi) is 5.36. The summed E-state index contributed by atoms with van der Waals surface area (Å²) in [7, 11) is 3.27. The molecule has 0 spiro atoms. The molecule has 0 amide bonds. The van der Waals surface area contributed by atoms with E-state index in [1.165, 1.54) is 6.33 Å². The fourth-order valence-electron chi connectivity index (χ4n) is 2.51. The minimum atomic E-state index is -0.236. The van der Waals surface area contributed by atoms with Crippen LogP contribution in [0, 0.1) is 0 Å². The standard InChI is InChI=1S/C14H21ClN4O2/c1-5-6-10(7-20-3)19-12(9(2)15)18-11-13(19)16-8-17-14(11)21-4/h8-10H,5-7H2,1-4H3. The van der Waals surface area contributed by atoms with Crippen molar-refractivity contribution >= 4 is 22.8 Å². The zero-order valence-corrected chi connectivity index (χ0v) is 13.6. The van der Waals surface area contributed by atoms with Crippen LogP contribution in [0.15, 0.2) is 6.33 Å². The van der Waals surface area contributed by atoms with E-state index in [-0.39, 0.29) is 11.4 Å². The van der Waals surface area contributed by atoms with Crippen LogP contribution in [-0.4, -0.2) is 40.3 Å². The Bertz CT molecular complexity index is 594. The van der Waals surface area contributed by atoms with Gasteiger partial charge in [0.2, 0.25) is 5.88 Å². The number of halogens is 1. The van der Waals surface area contributed by atoms with Crippen LogP contribution in [0.1, 0.15) is 43.9 Å². The van der Waals surface area contributed by atoms with Crippen molar-refractivity contribution in [2.45, 2.75) is 38.1 Å². The van der Waals surface area contributed by atoms with Crippen molar-refractivity contribution in [1.82, 2.24) is 19.5 Å². The van der Waals surface area contributed by atoms with Crippen molar-refractivity contribution in [3.63, 3.8) is 0 Å². The van der Waals surface area contributed by atoms with E-state index < -0.39 is 0 Å². The summed E-state index contributed by atoms with van der Waals surface area (Å²) in [5.74, 6) is 1.23. The first kappa shape index (κ1) is 16.0. The van der Waals surface area contributed by atoms with Crippen molar-refractivity contribution in [2.24, 2.45) is 0 Å². The van der Waals surface area contributed by atoms with Crippen LogP contribution in [0.4, 0.5) is 0 Å². The highest BCUT2D eigenvalue weighted by atomic mass is 35.5. The van der Waals surface area contributed by atoms with Gasteiger partial charge in [-0.25, -0.2) is 9.97 Å². The summed E-state index contributed by atoms with van der Waals surface area (Å²) >= 11 is 6.31. The zero-order chi connectivity index (χ0) is 15.4. The first-order chi connectivity index (χ1) is 10.1. The zero-order valence-electron chi connectivity index (χ0n) is 12.8. The average Bonchev–Trinajstić information content (AvgIpc) is 2.86. The molecule has 0 bridgehead atoms. The number of nitrogens with zero attached hydrogens (tertiary/aromatic N) is 4. The lowest BCUT2D eigenvalue weighted by atomic mass is 10.1. The summed E-state index contributed by atoms with van der Waals surface area (Å²) in [6.07, 6.45) is 3.48. The molecule has 21 heavy (non-hydrogen) atoms. The number of fused-ring (bicyclic) bond motifs is 1. The summed E-state index contributed by atoms with van der Waals surface area (Å²) in [6, 6.07) is 0.140. The van der Waals surface area contributed by atoms with Gasteiger partial charge < -0.3 is 14.0 Å². The maximum absolute atomic E-state index is 6.31. The van der Waals surface area contributed by atoms with Gasteiger partial charge in [-0.1, -0.05) is 13.3 Å². The molecule has 6 nitrogen and oxygen atoms in total. The number of rotatable bonds is 7. The lowest BCUT2D eigenvalue weighted by Gasteiger charge is -2.20. The quantitative estimate of drug-likeness (QED) is 0.735. The fraction of sp³-hybridized carbons (Fsp3) is 0.643. The van der Waals surface area contributed by atoms with Crippen molar-refractivity contribution in [3.05, 3.63) is 12.2 Å². The molecule has 2 heterocycles. The van der Waals surface area contributed by atoms with Crippen LogP contribution in [0.2, 0.25) is 0 Å². The molecule has 0 N–H and O–H groups in total. The molecular weight excluding hydrogens is 292 g/mol. The number of hydrogen-bond donors (Lipinski definition) is 0. The predicted octanol–water partition coefficient (Wildman–Crippen LogP) is 3.12. The number of ether oxygens (including phenoxy) is 2. The largest absolute Gasteiger partial charge is 0.479 e. The second kappa shape index (κ2) is 7.04. The van der Waals surface area contributed by atoms with E-state index >= 15 is 0 Å². The Morgan fingerprint density at radius 1 is 1.33 bits per heavy atom. The normalized spacial score (nSPS) is 14.3. The van der Waals surface area contributed by atoms with Crippen molar-refractivity contribution in [2.75, 3.05) is 20.8 Å². The predicted molar refractivity (Wildman–Crippen MR) is 82.0 cm³/mol. The van der Waals surface area contributed by atoms with E-state index in [1.54, 1.807) is 14.2 Å².